The standard InChI is InChI=1S/C14H23N3O2/c1-19-11-10-17(9-5-8-15)12-14(18)16-13-6-3-2-4-7-13/h2-4,6-7H,5,8-12,15H2,1H3,(H,16,18). The highest BCUT2D eigenvalue weighted by Crippen LogP contribution is 2.05. The molecule has 1 rings (SSSR count). The van der Waals surface area contributed by atoms with Gasteiger partial charge in [0.05, 0.1) is 13.2 Å². The van der Waals surface area contributed by atoms with E-state index in [0.717, 1.165) is 25.2 Å². The first kappa shape index (κ1) is 15.6. The largest absolute Gasteiger partial charge is 0.383 e. The van der Waals surface area contributed by atoms with Crippen molar-refractivity contribution in [3.05, 3.63) is 30.3 Å². The van der Waals surface area contributed by atoms with Crippen molar-refractivity contribution in [2.75, 3.05) is 45.2 Å². The number of rotatable bonds is 9. The molecule has 0 radical (unpaired) electrons. The van der Waals surface area contributed by atoms with Gasteiger partial charge in [-0.2, -0.15) is 0 Å². The van der Waals surface area contributed by atoms with Crippen molar-refractivity contribution in [2.45, 2.75) is 6.42 Å². The second kappa shape index (κ2) is 9.49. The number of hydrogen-bond donors (Lipinski definition) is 2. The normalized spacial score (nSPS) is 10.7. The Balaban J connectivity index is 2.41. The van der Waals surface area contributed by atoms with Gasteiger partial charge in [-0.1, -0.05) is 18.2 Å². The van der Waals surface area contributed by atoms with Crippen molar-refractivity contribution in [3.8, 4) is 0 Å². The Hall–Kier alpha value is -1.43. The predicted molar refractivity (Wildman–Crippen MR) is 77.1 cm³/mol. The van der Waals surface area contributed by atoms with Crippen LogP contribution in [0.4, 0.5) is 5.69 Å². The van der Waals surface area contributed by atoms with E-state index in [1.807, 2.05) is 30.3 Å². The number of anilines is 1. The van der Waals surface area contributed by atoms with Crippen molar-refractivity contribution in [3.63, 3.8) is 0 Å². The second-order valence-corrected chi connectivity index (χ2v) is 4.33. The minimum absolute atomic E-state index is 0.0145. The molecule has 0 aromatic heterocycles. The molecular weight excluding hydrogens is 242 g/mol. The van der Waals surface area contributed by atoms with Crippen LogP contribution in [0.15, 0.2) is 30.3 Å². The van der Waals surface area contributed by atoms with Gasteiger partial charge in [-0.25, -0.2) is 0 Å². The Morgan fingerprint density at radius 1 is 1.32 bits per heavy atom. The van der Waals surface area contributed by atoms with Crippen molar-refractivity contribution in [1.29, 1.82) is 0 Å². The summed E-state index contributed by atoms with van der Waals surface area (Å²) < 4.78 is 5.05. The molecule has 0 aliphatic rings. The summed E-state index contributed by atoms with van der Waals surface area (Å²) in [5, 5.41) is 2.87. The van der Waals surface area contributed by atoms with Crippen LogP contribution in [-0.4, -0.2) is 50.7 Å². The monoisotopic (exact) mass is 265 g/mol. The number of amides is 1. The minimum Gasteiger partial charge on any atom is -0.383 e. The van der Waals surface area contributed by atoms with Gasteiger partial charge in [0.15, 0.2) is 0 Å². The minimum atomic E-state index is -0.0145. The van der Waals surface area contributed by atoms with Gasteiger partial charge in [-0.15, -0.1) is 0 Å². The fraction of sp³-hybridized carbons (Fsp3) is 0.500. The number of para-hydroxylation sites is 1. The molecule has 0 unspecified atom stereocenters. The fourth-order valence-corrected chi connectivity index (χ4v) is 1.73. The van der Waals surface area contributed by atoms with Crippen LogP contribution in [-0.2, 0) is 9.53 Å². The third kappa shape index (κ3) is 6.91. The molecule has 1 amide bonds. The van der Waals surface area contributed by atoms with E-state index < -0.39 is 0 Å². The third-order valence-corrected chi connectivity index (χ3v) is 2.71. The molecule has 0 spiro atoms. The Kier molecular flexibility index (Phi) is 7.81. The lowest BCUT2D eigenvalue weighted by molar-refractivity contribution is -0.117. The van der Waals surface area contributed by atoms with Gasteiger partial charge >= 0.3 is 0 Å². The van der Waals surface area contributed by atoms with Gasteiger partial charge in [-0.3, -0.25) is 9.69 Å². The lowest BCUT2D eigenvalue weighted by atomic mass is 10.3. The lowest BCUT2D eigenvalue weighted by Gasteiger charge is -2.21. The molecule has 0 aliphatic heterocycles. The highest BCUT2D eigenvalue weighted by atomic mass is 16.5. The van der Waals surface area contributed by atoms with Crippen LogP contribution in [0.3, 0.4) is 0 Å². The van der Waals surface area contributed by atoms with Crippen LogP contribution in [0.2, 0.25) is 0 Å². The van der Waals surface area contributed by atoms with Crippen molar-refractivity contribution >= 4 is 11.6 Å². The number of nitrogens with one attached hydrogen (secondary N) is 1. The van der Waals surface area contributed by atoms with Gasteiger partial charge in [0.25, 0.3) is 0 Å². The molecule has 5 nitrogen and oxygen atoms in total. The predicted octanol–water partition coefficient (Wildman–Crippen LogP) is 0.922. The summed E-state index contributed by atoms with van der Waals surface area (Å²) in [7, 11) is 1.66. The first-order chi connectivity index (χ1) is 9.26. The average molecular weight is 265 g/mol. The number of nitrogens with two attached hydrogens (primary N) is 1. The number of ether oxygens (including phenoxy) is 1. The molecule has 0 fully saturated rings. The molecular formula is C14H23N3O2. The van der Waals surface area contributed by atoms with E-state index >= 15 is 0 Å². The first-order valence-corrected chi connectivity index (χ1v) is 6.52. The van der Waals surface area contributed by atoms with Crippen LogP contribution in [0.25, 0.3) is 0 Å². The van der Waals surface area contributed by atoms with Crippen molar-refractivity contribution < 1.29 is 9.53 Å². The maximum atomic E-state index is 11.9. The van der Waals surface area contributed by atoms with Gasteiger partial charge in [-0.05, 0) is 31.6 Å². The van der Waals surface area contributed by atoms with E-state index in [4.69, 9.17) is 10.5 Å². The van der Waals surface area contributed by atoms with E-state index in [1.54, 1.807) is 7.11 Å². The molecule has 5 heteroatoms. The summed E-state index contributed by atoms with van der Waals surface area (Å²) in [6.07, 6.45) is 0.877. The van der Waals surface area contributed by atoms with Gasteiger partial charge in [0.1, 0.15) is 0 Å². The third-order valence-electron chi connectivity index (χ3n) is 2.71. The molecule has 106 valence electrons. The maximum Gasteiger partial charge on any atom is 0.238 e. The zero-order valence-corrected chi connectivity index (χ0v) is 11.5. The summed E-state index contributed by atoms with van der Waals surface area (Å²) >= 11 is 0. The molecule has 0 heterocycles. The first-order valence-electron chi connectivity index (χ1n) is 6.52. The second-order valence-electron chi connectivity index (χ2n) is 4.33. The van der Waals surface area contributed by atoms with Crippen LogP contribution in [0.1, 0.15) is 6.42 Å². The smallest absolute Gasteiger partial charge is 0.238 e. The van der Waals surface area contributed by atoms with Gasteiger partial charge in [0.2, 0.25) is 5.91 Å². The van der Waals surface area contributed by atoms with Crippen LogP contribution < -0.4 is 11.1 Å². The summed E-state index contributed by atoms with van der Waals surface area (Å²) in [5.74, 6) is -0.0145. The van der Waals surface area contributed by atoms with E-state index in [1.165, 1.54) is 0 Å². The quantitative estimate of drug-likeness (QED) is 0.697. The Morgan fingerprint density at radius 2 is 2.05 bits per heavy atom. The number of nitrogens with zero attached hydrogens (tertiary/aromatic N) is 1. The molecule has 19 heavy (non-hydrogen) atoms. The molecule has 1 aromatic carbocycles. The van der Waals surface area contributed by atoms with E-state index in [-0.39, 0.29) is 5.91 Å². The van der Waals surface area contributed by atoms with Crippen molar-refractivity contribution in [1.82, 2.24) is 4.90 Å². The zero-order chi connectivity index (χ0) is 13.9. The summed E-state index contributed by atoms with van der Waals surface area (Å²) in [4.78, 5) is 14.0. The highest BCUT2D eigenvalue weighted by molar-refractivity contribution is 5.92. The van der Waals surface area contributed by atoms with E-state index in [9.17, 15) is 4.79 Å². The van der Waals surface area contributed by atoms with Crippen LogP contribution in [0.5, 0.6) is 0 Å². The summed E-state index contributed by atoms with van der Waals surface area (Å²) in [6.45, 7) is 3.14. The maximum absolute atomic E-state index is 11.9. The summed E-state index contributed by atoms with van der Waals surface area (Å²) in [6, 6.07) is 9.45. The summed E-state index contributed by atoms with van der Waals surface area (Å²) in [5.41, 5.74) is 6.32. The molecule has 3 N–H and O–H groups in total. The number of carbonyl (C=O) groups is 1. The Morgan fingerprint density at radius 3 is 2.68 bits per heavy atom. The Bertz CT molecular complexity index is 349. The number of methoxy groups -OCH3 is 1. The highest BCUT2D eigenvalue weighted by Gasteiger charge is 2.10. The molecule has 0 saturated heterocycles. The van der Waals surface area contributed by atoms with Crippen LogP contribution >= 0.6 is 0 Å². The average Bonchev–Trinajstić information content (AvgIpc) is 2.43. The van der Waals surface area contributed by atoms with Gasteiger partial charge in [0, 0.05) is 19.3 Å². The zero-order valence-electron chi connectivity index (χ0n) is 11.5. The van der Waals surface area contributed by atoms with Crippen LogP contribution in [0, 0.1) is 0 Å². The fourth-order valence-electron chi connectivity index (χ4n) is 1.73. The topological polar surface area (TPSA) is 67.6 Å². The lowest BCUT2D eigenvalue weighted by Crippen LogP contribution is -2.36. The molecule has 0 bridgehead atoms. The Labute approximate surface area is 114 Å². The molecule has 1 aromatic rings. The van der Waals surface area contributed by atoms with E-state index in [0.29, 0.717) is 19.7 Å². The van der Waals surface area contributed by atoms with E-state index in [2.05, 4.69) is 10.2 Å². The van der Waals surface area contributed by atoms with Gasteiger partial charge < -0.3 is 15.8 Å². The number of hydrogen-bond acceptors (Lipinski definition) is 4. The molecule has 0 aliphatic carbocycles. The molecule has 0 atom stereocenters. The molecule has 0 saturated carbocycles. The number of benzene rings is 1. The number of carbonyl (C=O) groups excluding carboxylic acids is 1. The van der Waals surface area contributed by atoms with Crippen molar-refractivity contribution in [2.24, 2.45) is 5.73 Å². The SMILES string of the molecule is COCCN(CCCN)CC(=O)Nc1ccccc1.